The first-order valence-electron chi connectivity index (χ1n) is 9.39. The molecule has 3 rings (SSSR count). The molecule has 2 atom stereocenters. The molecule has 11 heteroatoms. The highest BCUT2D eigenvalue weighted by atomic mass is 32.2. The summed E-state index contributed by atoms with van der Waals surface area (Å²) in [5.41, 5.74) is -0.0644. The number of amides is 1. The molecule has 1 aromatic rings. The van der Waals surface area contributed by atoms with Crippen molar-refractivity contribution in [3.8, 4) is 0 Å². The highest BCUT2D eigenvalue weighted by Gasteiger charge is 2.57. The van der Waals surface area contributed by atoms with Crippen molar-refractivity contribution in [1.29, 1.82) is 0 Å². The molecule has 0 spiro atoms. The number of methoxy groups -OCH3 is 1. The molecule has 0 aromatic carbocycles. The molecule has 1 N–H and O–H groups in total. The maximum atomic E-state index is 13.1. The minimum Gasteiger partial charge on any atom is -0.455 e. The number of nitrogens with zero attached hydrogens (tertiary/aromatic N) is 3. The summed E-state index contributed by atoms with van der Waals surface area (Å²) >= 11 is 1.41. The van der Waals surface area contributed by atoms with Crippen LogP contribution in [0.4, 0.5) is 5.95 Å². The van der Waals surface area contributed by atoms with Crippen LogP contribution in [0, 0.1) is 0 Å². The fraction of sp³-hybridized carbons (Fsp3) is 0.579. The second-order valence-electron chi connectivity index (χ2n) is 7.98. The van der Waals surface area contributed by atoms with Crippen molar-refractivity contribution in [3.63, 3.8) is 0 Å². The van der Waals surface area contributed by atoms with Crippen LogP contribution in [0.15, 0.2) is 17.7 Å². The number of imidazole rings is 1. The Balaban J connectivity index is 1.86. The van der Waals surface area contributed by atoms with Crippen LogP contribution in [0.5, 0.6) is 0 Å². The number of β-lactam (4-membered cyclic amide) rings is 1. The van der Waals surface area contributed by atoms with Crippen molar-refractivity contribution in [3.05, 3.63) is 23.3 Å². The molecule has 3 heterocycles. The Bertz CT molecular complexity index is 890. The van der Waals surface area contributed by atoms with Crippen molar-refractivity contribution >= 4 is 35.6 Å². The Morgan fingerprint density at radius 1 is 1.40 bits per heavy atom. The number of fused-ring (bicyclic) bond motifs is 1. The lowest BCUT2D eigenvalue weighted by atomic mass is 10.0. The van der Waals surface area contributed by atoms with Gasteiger partial charge in [0.25, 0.3) is 5.91 Å². The fourth-order valence-corrected chi connectivity index (χ4v) is 4.60. The molecular weight excluding hydrogens is 412 g/mol. The number of aromatic amines is 1. The third kappa shape index (κ3) is 4.31. The van der Waals surface area contributed by atoms with Gasteiger partial charge < -0.3 is 24.1 Å². The Morgan fingerprint density at radius 2 is 2.10 bits per heavy atom. The summed E-state index contributed by atoms with van der Waals surface area (Å²) < 4.78 is 15.8. The number of nitrogens with one attached hydrogen (secondary N) is 1. The van der Waals surface area contributed by atoms with Gasteiger partial charge in [-0.25, -0.2) is 9.78 Å². The lowest BCUT2D eigenvalue weighted by Crippen LogP contribution is -2.70. The third-order valence-corrected chi connectivity index (χ3v) is 5.66. The normalized spacial score (nSPS) is 21.1. The number of likely N-dealkylation sites (N-methyl/N-ethyl adjacent to an activating group) is 1. The molecule has 1 amide bonds. The Hall–Kier alpha value is -2.53. The van der Waals surface area contributed by atoms with Gasteiger partial charge in [-0.2, -0.15) is 0 Å². The van der Waals surface area contributed by atoms with Crippen LogP contribution >= 0.6 is 11.8 Å². The third-order valence-electron chi connectivity index (χ3n) is 4.43. The number of carbonyl (C=O) groups is 3. The monoisotopic (exact) mass is 438 g/mol. The number of carbonyl (C=O) groups excluding carboxylic acids is 3. The van der Waals surface area contributed by atoms with E-state index in [0.717, 1.165) is 0 Å². The van der Waals surface area contributed by atoms with Crippen molar-refractivity contribution in [2.45, 2.75) is 51.3 Å². The van der Waals surface area contributed by atoms with Gasteiger partial charge in [-0.3, -0.25) is 14.5 Å². The number of esters is 2. The van der Waals surface area contributed by atoms with Gasteiger partial charge in [-0.05, 0) is 20.8 Å². The fourth-order valence-electron chi connectivity index (χ4n) is 3.25. The number of H-pyrrole nitrogens is 1. The first-order valence-corrected chi connectivity index (χ1v) is 10.4. The predicted molar refractivity (Wildman–Crippen MR) is 109 cm³/mol. The van der Waals surface area contributed by atoms with Gasteiger partial charge in [0, 0.05) is 27.3 Å². The van der Waals surface area contributed by atoms with Gasteiger partial charge in [0.05, 0.1) is 18.1 Å². The second kappa shape index (κ2) is 8.31. The molecule has 30 heavy (non-hydrogen) atoms. The molecule has 1 fully saturated rings. The van der Waals surface area contributed by atoms with Crippen molar-refractivity contribution in [2.75, 3.05) is 24.8 Å². The number of hydrogen-bond acceptors (Lipinski definition) is 9. The van der Waals surface area contributed by atoms with Gasteiger partial charge in [0.1, 0.15) is 22.8 Å². The largest absolute Gasteiger partial charge is 0.455 e. The highest BCUT2D eigenvalue weighted by Crippen LogP contribution is 2.43. The zero-order chi connectivity index (χ0) is 22.2. The number of hydrogen-bond donors (Lipinski definition) is 1. The van der Waals surface area contributed by atoms with E-state index in [1.165, 1.54) is 23.6 Å². The summed E-state index contributed by atoms with van der Waals surface area (Å²) in [5, 5.41) is -0.347. The number of thioether (sulfide) groups is 1. The average molecular weight is 439 g/mol. The lowest BCUT2D eigenvalue weighted by Gasteiger charge is -2.51. The van der Waals surface area contributed by atoms with Gasteiger partial charge in [0.15, 0.2) is 5.70 Å². The van der Waals surface area contributed by atoms with Crippen LogP contribution in [-0.4, -0.2) is 69.6 Å². The molecule has 2 aliphatic rings. The van der Waals surface area contributed by atoms with Crippen molar-refractivity contribution in [2.24, 2.45) is 0 Å². The van der Waals surface area contributed by atoms with Crippen LogP contribution in [-0.2, 0) is 35.2 Å². The van der Waals surface area contributed by atoms with E-state index in [4.69, 9.17) is 14.2 Å². The van der Waals surface area contributed by atoms with E-state index in [1.807, 2.05) is 0 Å². The topological polar surface area (TPSA) is 114 Å². The summed E-state index contributed by atoms with van der Waals surface area (Å²) in [7, 11) is 3.34. The SMILES string of the molecule is COCc1c[nH]c(N(C)C2C(=O)N3C(C(=O)OC(C)(C)C)=C(OC(C)=O)CS[C@@H]23)n1. The summed E-state index contributed by atoms with van der Waals surface area (Å²) in [6, 6.07) is -0.534. The zero-order valence-electron chi connectivity index (χ0n) is 17.8. The first kappa shape index (κ1) is 22.2. The summed E-state index contributed by atoms with van der Waals surface area (Å²) in [5.74, 6) is -0.640. The van der Waals surface area contributed by atoms with E-state index in [1.54, 1.807) is 46.0 Å². The standard InChI is InChI=1S/C19H26N4O6S/c1-10(24)28-12-9-30-16-14(22(5)18-20-7-11(21-18)8-27-6)15(25)23(16)13(12)17(26)29-19(2,3)4/h7,14,16H,8-9H2,1-6H3,(H,20,21)/t14?,16-/m0/s1. The average Bonchev–Trinajstić information content (AvgIpc) is 3.08. The van der Waals surface area contributed by atoms with Crippen LogP contribution < -0.4 is 4.90 Å². The molecule has 1 saturated heterocycles. The second-order valence-corrected chi connectivity index (χ2v) is 9.09. The molecule has 0 aliphatic carbocycles. The molecule has 2 aliphatic heterocycles. The molecule has 164 valence electrons. The van der Waals surface area contributed by atoms with Crippen LogP contribution in [0.3, 0.4) is 0 Å². The Labute approximate surface area is 178 Å². The van der Waals surface area contributed by atoms with Crippen molar-refractivity contribution < 1.29 is 28.6 Å². The number of aromatic nitrogens is 2. The Kier molecular flexibility index (Phi) is 6.14. The molecule has 10 nitrogen and oxygen atoms in total. The maximum absolute atomic E-state index is 13.1. The molecule has 0 radical (unpaired) electrons. The van der Waals surface area contributed by atoms with Crippen LogP contribution in [0.2, 0.25) is 0 Å². The summed E-state index contributed by atoms with van der Waals surface area (Å²) in [6.45, 7) is 6.79. The minimum absolute atomic E-state index is 0.0157. The smallest absolute Gasteiger partial charge is 0.359 e. The Morgan fingerprint density at radius 3 is 2.70 bits per heavy atom. The molecule has 0 saturated carbocycles. The minimum atomic E-state index is -0.762. The van der Waals surface area contributed by atoms with E-state index < -0.39 is 23.6 Å². The van der Waals surface area contributed by atoms with Gasteiger partial charge in [0.2, 0.25) is 5.95 Å². The number of rotatable bonds is 6. The van der Waals surface area contributed by atoms with Crippen molar-refractivity contribution in [1.82, 2.24) is 14.9 Å². The first-order chi connectivity index (χ1) is 14.0. The van der Waals surface area contributed by atoms with Gasteiger partial charge in [-0.15, -0.1) is 11.8 Å². The van der Waals surface area contributed by atoms with Gasteiger partial charge in [-0.1, -0.05) is 0 Å². The molecule has 0 bridgehead atoms. The van der Waals surface area contributed by atoms with Crippen LogP contribution in [0.25, 0.3) is 0 Å². The highest BCUT2D eigenvalue weighted by molar-refractivity contribution is 8.00. The predicted octanol–water partition coefficient (Wildman–Crippen LogP) is 1.39. The maximum Gasteiger partial charge on any atom is 0.359 e. The summed E-state index contributed by atoms with van der Waals surface area (Å²) in [6.07, 6.45) is 1.72. The molecule has 1 aromatic heterocycles. The summed E-state index contributed by atoms with van der Waals surface area (Å²) in [4.78, 5) is 48.0. The number of ether oxygens (including phenoxy) is 3. The molecular formula is C19H26N4O6S. The van der Waals surface area contributed by atoms with Crippen LogP contribution in [0.1, 0.15) is 33.4 Å². The molecule has 1 unspecified atom stereocenters. The van der Waals surface area contributed by atoms with E-state index in [0.29, 0.717) is 18.2 Å². The van der Waals surface area contributed by atoms with E-state index in [-0.39, 0.29) is 28.5 Å². The van der Waals surface area contributed by atoms with E-state index in [9.17, 15) is 14.4 Å². The zero-order valence-corrected chi connectivity index (χ0v) is 18.7. The van der Waals surface area contributed by atoms with Gasteiger partial charge >= 0.3 is 11.9 Å². The quantitative estimate of drug-likeness (QED) is 0.520. The lowest BCUT2D eigenvalue weighted by molar-refractivity contribution is -0.158. The van der Waals surface area contributed by atoms with E-state index >= 15 is 0 Å². The van der Waals surface area contributed by atoms with E-state index in [2.05, 4.69) is 9.97 Å². The number of anilines is 1.